The molecule has 1 atom stereocenters. The first-order valence-electron chi connectivity index (χ1n) is 6.60. The Balaban J connectivity index is 1.94. The quantitative estimate of drug-likeness (QED) is 0.892. The number of para-hydroxylation sites is 1. The zero-order valence-electron chi connectivity index (χ0n) is 10.6. The number of hydrogen-bond donors (Lipinski definition) is 2. The van der Waals surface area contributed by atoms with E-state index >= 15 is 0 Å². The Morgan fingerprint density at radius 3 is 2.58 bits per heavy atom. The number of piperidine rings is 3. The number of nitrogens with one attached hydrogen (secondary N) is 1. The van der Waals surface area contributed by atoms with Crippen LogP contribution in [-0.2, 0) is 4.79 Å². The fourth-order valence-electron chi connectivity index (χ4n) is 3.31. The molecule has 4 nitrogen and oxygen atoms in total. The topological polar surface area (TPSA) is 52.6 Å². The molecule has 3 saturated heterocycles. The number of carboxylic acid groups (broad SMARTS) is 1. The predicted molar refractivity (Wildman–Crippen MR) is 74.6 cm³/mol. The van der Waals surface area contributed by atoms with Gasteiger partial charge in [-0.15, -0.1) is 0 Å². The summed E-state index contributed by atoms with van der Waals surface area (Å²) in [6.45, 7) is 2.56. The number of anilines is 1. The molecule has 0 spiro atoms. The second kappa shape index (κ2) is 4.69. The monoisotopic (exact) mass is 280 g/mol. The molecule has 3 fully saturated rings. The van der Waals surface area contributed by atoms with Crippen molar-refractivity contribution < 1.29 is 9.90 Å². The molecule has 0 amide bonds. The predicted octanol–water partition coefficient (Wildman–Crippen LogP) is 2.30. The zero-order chi connectivity index (χ0) is 13.5. The van der Waals surface area contributed by atoms with Crippen molar-refractivity contribution in [1.82, 2.24) is 4.90 Å². The number of carbonyl (C=O) groups is 1. The summed E-state index contributed by atoms with van der Waals surface area (Å²) in [6.07, 6.45) is 1.87. The van der Waals surface area contributed by atoms with Gasteiger partial charge in [0.1, 0.15) is 0 Å². The van der Waals surface area contributed by atoms with Crippen LogP contribution >= 0.6 is 11.6 Å². The summed E-state index contributed by atoms with van der Waals surface area (Å²) in [7, 11) is 0. The van der Waals surface area contributed by atoms with Gasteiger partial charge in [-0.1, -0.05) is 23.7 Å². The lowest BCUT2D eigenvalue weighted by molar-refractivity contribution is -0.149. The molecule has 1 aromatic rings. The third-order valence-electron chi connectivity index (χ3n) is 4.37. The fourth-order valence-corrected chi connectivity index (χ4v) is 3.49. The molecule has 4 rings (SSSR count). The summed E-state index contributed by atoms with van der Waals surface area (Å²) < 4.78 is 0. The van der Waals surface area contributed by atoms with Crippen molar-refractivity contribution in [2.45, 2.75) is 18.4 Å². The van der Waals surface area contributed by atoms with E-state index in [9.17, 15) is 9.90 Å². The number of halogens is 1. The van der Waals surface area contributed by atoms with Crippen LogP contribution < -0.4 is 5.32 Å². The normalized spacial score (nSPS) is 33.1. The summed E-state index contributed by atoms with van der Waals surface area (Å²) >= 11 is 6.14. The van der Waals surface area contributed by atoms with Gasteiger partial charge in [-0.25, -0.2) is 4.79 Å². The van der Waals surface area contributed by atoms with Crippen molar-refractivity contribution in [1.29, 1.82) is 0 Å². The van der Waals surface area contributed by atoms with E-state index < -0.39 is 11.5 Å². The Labute approximate surface area is 117 Å². The van der Waals surface area contributed by atoms with Gasteiger partial charge in [0.05, 0.1) is 10.7 Å². The molecule has 3 heterocycles. The molecule has 5 heteroatoms. The van der Waals surface area contributed by atoms with Crippen LogP contribution in [-0.4, -0.2) is 41.1 Å². The highest BCUT2D eigenvalue weighted by Gasteiger charge is 2.52. The maximum atomic E-state index is 11.8. The Morgan fingerprint density at radius 2 is 2.05 bits per heavy atom. The lowest BCUT2D eigenvalue weighted by atomic mass is 9.72. The maximum Gasteiger partial charge on any atom is 0.330 e. The van der Waals surface area contributed by atoms with E-state index in [-0.39, 0.29) is 5.92 Å². The van der Waals surface area contributed by atoms with Gasteiger partial charge < -0.3 is 15.3 Å². The van der Waals surface area contributed by atoms with Gasteiger partial charge in [0.2, 0.25) is 0 Å². The van der Waals surface area contributed by atoms with Gasteiger partial charge in [-0.3, -0.25) is 0 Å². The lowest BCUT2D eigenvalue weighted by Gasteiger charge is -2.51. The Hall–Kier alpha value is -1.26. The molecule has 19 heavy (non-hydrogen) atoms. The summed E-state index contributed by atoms with van der Waals surface area (Å²) in [4.78, 5) is 14.1. The van der Waals surface area contributed by atoms with Crippen LogP contribution in [0.4, 0.5) is 5.69 Å². The van der Waals surface area contributed by atoms with E-state index in [4.69, 9.17) is 11.6 Å². The minimum absolute atomic E-state index is 0.172. The minimum Gasteiger partial charge on any atom is -0.479 e. The van der Waals surface area contributed by atoms with Crippen molar-refractivity contribution in [3.8, 4) is 0 Å². The van der Waals surface area contributed by atoms with E-state index in [1.165, 1.54) is 0 Å². The standard InChI is InChI=1S/C14H17ClN2O2/c15-11-3-1-2-4-12(11)16-14(13(18)19)9-17-7-5-10(14)6-8-17/h1-4,10,16H,5-9H2,(H,18,19). The molecule has 3 aliphatic rings. The first-order valence-corrected chi connectivity index (χ1v) is 6.98. The number of nitrogens with zero attached hydrogens (tertiary/aromatic N) is 1. The largest absolute Gasteiger partial charge is 0.479 e. The molecule has 2 N–H and O–H groups in total. The Bertz CT molecular complexity index is 500. The van der Waals surface area contributed by atoms with Gasteiger partial charge in [-0.05, 0) is 44.0 Å². The summed E-state index contributed by atoms with van der Waals surface area (Å²) in [6, 6.07) is 7.33. The number of benzene rings is 1. The second-order valence-electron chi connectivity index (χ2n) is 5.43. The third kappa shape index (κ3) is 2.09. The number of aliphatic carboxylic acids is 1. The number of fused-ring (bicyclic) bond motifs is 3. The Kier molecular flexibility index (Phi) is 3.15. The van der Waals surface area contributed by atoms with Crippen LogP contribution in [0.15, 0.2) is 24.3 Å². The zero-order valence-corrected chi connectivity index (χ0v) is 11.4. The molecule has 0 aromatic heterocycles. The average molecular weight is 281 g/mol. The molecular formula is C14H17ClN2O2. The number of carboxylic acids is 1. The van der Waals surface area contributed by atoms with Gasteiger partial charge in [-0.2, -0.15) is 0 Å². The van der Waals surface area contributed by atoms with Crippen molar-refractivity contribution >= 4 is 23.3 Å². The van der Waals surface area contributed by atoms with Crippen molar-refractivity contribution in [3.63, 3.8) is 0 Å². The molecule has 1 unspecified atom stereocenters. The molecule has 2 bridgehead atoms. The molecule has 0 saturated carbocycles. The fraction of sp³-hybridized carbons (Fsp3) is 0.500. The molecule has 1 aromatic carbocycles. The number of hydrogen-bond acceptors (Lipinski definition) is 3. The molecule has 0 radical (unpaired) electrons. The molecule has 3 aliphatic heterocycles. The van der Waals surface area contributed by atoms with E-state index in [1.54, 1.807) is 6.07 Å². The van der Waals surface area contributed by atoms with E-state index in [0.29, 0.717) is 17.3 Å². The van der Waals surface area contributed by atoms with Gasteiger partial charge >= 0.3 is 5.97 Å². The van der Waals surface area contributed by atoms with Gasteiger partial charge in [0.25, 0.3) is 0 Å². The SMILES string of the molecule is O=C(O)C1(Nc2ccccc2Cl)CN2CCC1CC2. The van der Waals surface area contributed by atoms with Crippen LogP contribution in [0.25, 0.3) is 0 Å². The van der Waals surface area contributed by atoms with Crippen LogP contribution in [0.3, 0.4) is 0 Å². The highest BCUT2D eigenvalue weighted by Crippen LogP contribution is 2.39. The van der Waals surface area contributed by atoms with E-state index in [0.717, 1.165) is 25.9 Å². The van der Waals surface area contributed by atoms with Gasteiger partial charge in [0.15, 0.2) is 5.54 Å². The van der Waals surface area contributed by atoms with Crippen LogP contribution in [0.2, 0.25) is 5.02 Å². The summed E-state index contributed by atoms with van der Waals surface area (Å²) in [5.74, 6) is -0.604. The highest BCUT2D eigenvalue weighted by molar-refractivity contribution is 6.33. The number of rotatable bonds is 3. The molecular weight excluding hydrogens is 264 g/mol. The van der Waals surface area contributed by atoms with Crippen LogP contribution in [0.1, 0.15) is 12.8 Å². The van der Waals surface area contributed by atoms with Crippen LogP contribution in [0.5, 0.6) is 0 Å². The highest BCUT2D eigenvalue weighted by atomic mass is 35.5. The summed E-state index contributed by atoms with van der Waals surface area (Å²) in [5.41, 5.74) is -0.193. The lowest BCUT2D eigenvalue weighted by Crippen LogP contribution is -2.66. The van der Waals surface area contributed by atoms with Crippen molar-refractivity contribution in [3.05, 3.63) is 29.3 Å². The maximum absolute atomic E-state index is 11.8. The van der Waals surface area contributed by atoms with Crippen molar-refractivity contribution in [2.75, 3.05) is 25.0 Å². The minimum atomic E-state index is -0.901. The molecule has 0 aliphatic carbocycles. The summed E-state index contributed by atoms with van der Waals surface area (Å²) in [5, 5.41) is 13.5. The van der Waals surface area contributed by atoms with Crippen LogP contribution in [0, 0.1) is 5.92 Å². The van der Waals surface area contributed by atoms with Gasteiger partial charge in [0, 0.05) is 6.54 Å². The third-order valence-corrected chi connectivity index (χ3v) is 4.70. The second-order valence-corrected chi connectivity index (χ2v) is 5.84. The first kappa shape index (κ1) is 12.8. The van der Waals surface area contributed by atoms with E-state index in [2.05, 4.69) is 10.2 Å². The van der Waals surface area contributed by atoms with Crippen molar-refractivity contribution in [2.24, 2.45) is 5.92 Å². The Morgan fingerprint density at radius 1 is 1.37 bits per heavy atom. The molecule has 102 valence electrons. The first-order chi connectivity index (χ1) is 9.12. The smallest absolute Gasteiger partial charge is 0.330 e. The average Bonchev–Trinajstić information content (AvgIpc) is 2.42. The van der Waals surface area contributed by atoms with E-state index in [1.807, 2.05) is 18.2 Å².